The first-order chi connectivity index (χ1) is 16.5. The number of amides is 2. The molecule has 0 aliphatic heterocycles. The van der Waals surface area contributed by atoms with E-state index in [1.807, 2.05) is 56.3 Å². The summed E-state index contributed by atoms with van der Waals surface area (Å²) in [6.07, 6.45) is 3.59. The van der Waals surface area contributed by atoms with Crippen LogP contribution in [0.4, 0.5) is 4.79 Å². The van der Waals surface area contributed by atoms with Crippen molar-refractivity contribution < 1.29 is 23.8 Å². The van der Waals surface area contributed by atoms with Gasteiger partial charge in [0.05, 0.1) is 6.54 Å². The van der Waals surface area contributed by atoms with E-state index >= 15 is 0 Å². The van der Waals surface area contributed by atoms with E-state index in [9.17, 15) is 9.59 Å². The number of fused-ring (bicyclic) bond motifs is 1. The second-order valence-electron chi connectivity index (χ2n) is 7.36. The van der Waals surface area contributed by atoms with Gasteiger partial charge >= 0.3 is 6.09 Å². The molecule has 7 heteroatoms. The van der Waals surface area contributed by atoms with Crippen molar-refractivity contribution in [1.82, 2.24) is 10.2 Å². The van der Waals surface area contributed by atoms with Gasteiger partial charge < -0.3 is 24.4 Å². The number of allylic oxidation sites excluding steroid dienone is 2. The maximum Gasteiger partial charge on any atom is 0.407 e. The molecule has 0 radical (unpaired) electrons. The molecule has 0 heterocycles. The minimum atomic E-state index is -0.693. The molecule has 34 heavy (non-hydrogen) atoms. The van der Waals surface area contributed by atoms with Crippen LogP contribution in [0.25, 0.3) is 10.8 Å². The Morgan fingerprint density at radius 3 is 2.44 bits per heavy atom. The predicted octanol–water partition coefficient (Wildman–Crippen LogP) is 4.59. The normalized spacial score (nSPS) is 11.3. The Hall–Kier alpha value is -3.42. The fourth-order valence-corrected chi connectivity index (χ4v) is 3.38. The molecule has 0 saturated carbocycles. The lowest BCUT2D eigenvalue weighted by molar-refractivity contribution is -0.159. The van der Waals surface area contributed by atoms with Crippen LogP contribution in [0.15, 0.2) is 79.4 Å². The number of rotatable bonds is 14. The number of nitrogens with one attached hydrogen (secondary N) is 1. The minimum Gasteiger partial charge on any atom is -0.445 e. The Morgan fingerprint density at radius 2 is 1.76 bits per heavy atom. The van der Waals surface area contributed by atoms with E-state index in [0.29, 0.717) is 25.3 Å². The maximum atomic E-state index is 13.1. The number of carbonyl (C=O) groups excluding carboxylic acids is 2. The second-order valence-corrected chi connectivity index (χ2v) is 7.36. The summed E-state index contributed by atoms with van der Waals surface area (Å²) >= 11 is 0. The quantitative estimate of drug-likeness (QED) is 0.325. The van der Waals surface area contributed by atoms with Gasteiger partial charge in [0, 0.05) is 19.8 Å². The van der Waals surface area contributed by atoms with Crippen molar-refractivity contribution in [3.05, 3.63) is 85.0 Å². The summed E-state index contributed by atoms with van der Waals surface area (Å²) in [4.78, 5) is 26.9. The first-order valence-corrected chi connectivity index (χ1v) is 11.3. The zero-order chi connectivity index (χ0) is 24.8. The molecular weight excluding hydrogens is 432 g/mol. The van der Waals surface area contributed by atoms with Gasteiger partial charge in [0.2, 0.25) is 5.91 Å². The van der Waals surface area contributed by atoms with Crippen molar-refractivity contribution in [2.45, 2.75) is 26.7 Å². The predicted molar refractivity (Wildman–Crippen MR) is 134 cm³/mol. The van der Waals surface area contributed by atoms with Crippen molar-refractivity contribution in [2.75, 3.05) is 32.9 Å². The first kappa shape index (κ1) is 26.8. The number of nitrogens with zero attached hydrogens (tertiary/aromatic N) is 1. The molecule has 0 aromatic heterocycles. The third-order valence-corrected chi connectivity index (χ3v) is 5.02. The summed E-state index contributed by atoms with van der Waals surface area (Å²) in [5.41, 5.74) is 1.69. The van der Waals surface area contributed by atoms with Crippen molar-refractivity contribution in [3.63, 3.8) is 0 Å². The molecule has 0 aliphatic carbocycles. The largest absolute Gasteiger partial charge is 0.445 e. The highest BCUT2D eigenvalue weighted by molar-refractivity contribution is 5.87. The van der Waals surface area contributed by atoms with Crippen LogP contribution in [0.2, 0.25) is 0 Å². The van der Waals surface area contributed by atoms with Crippen LogP contribution in [0.3, 0.4) is 0 Å². The van der Waals surface area contributed by atoms with Gasteiger partial charge in [-0.1, -0.05) is 73.9 Å². The molecule has 0 unspecified atom stereocenters. The molecule has 0 bridgehead atoms. The Bertz CT molecular complexity index is 990. The average Bonchev–Trinajstić information content (AvgIpc) is 2.85. The zero-order valence-corrected chi connectivity index (χ0v) is 20.0. The molecule has 182 valence electrons. The topological polar surface area (TPSA) is 77.1 Å². The molecule has 1 N–H and O–H groups in total. The summed E-state index contributed by atoms with van der Waals surface area (Å²) in [6.45, 7) is 12.3. The van der Waals surface area contributed by atoms with Gasteiger partial charge in [-0.25, -0.2) is 4.79 Å². The lowest BCUT2D eigenvalue weighted by Crippen LogP contribution is -2.44. The van der Waals surface area contributed by atoms with Gasteiger partial charge in [0.15, 0.2) is 6.29 Å². The fourth-order valence-electron chi connectivity index (χ4n) is 3.38. The van der Waals surface area contributed by atoms with Gasteiger partial charge in [-0.15, -0.1) is 0 Å². The molecule has 0 spiro atoms. The van der Waals surface area contributed by atoms with E-state index in [0.717, 1.165) is 16.3 Å². The number of hydrogen-bond acceptors (Lipinski definition) is 5. The molecule has 2 rings (SSSR count). The molecule has 0 aliphatic rings. The minimum absolute atomic E-state index is 0.0337. The number of hydrogen-bond donors (Lipinski definition) is 1. The number of alkyl carbamates (subject to hydrolysis) is 1. The van der Waals surface area contributed by atoms with Gasteiger partial charge in [-0.2, -0.15) is 0 Å². The highest BCUT2D eigenvalue weighted by Crippen LogP contribution is 2.20. The van der Waals surface area contributed by atoms with Crippen LogP contribution >= 0.6 is 0 Å². The molecule has 7 nitrogen and oxygen atoms in total. The van der Waals surface area contributed by atoms with Gasteiger partial charge in [0.25, 0.3) is 0 Å². The van der Waals surface area contributed by atoms with Crippen LogP contribution < -0.4 is 5.32 Å². The molecular formula is C27H34N2O5. The standard InChI is InChI=1S/C27H34N2O5/c1-5-12-21(6-2)20-34-27(31)28-17-25(30)29(19-26(32-7-3)33-8-4)18-23-15-11-14-22-13-9-10-16-24(22)23/h5-6,9-16,26H,1-2,7-8,17-20H2,3-4H3,(H,28,31)/b21-12+. The lowest BCUT2D eigenvalue weighted by atomic mass is 10.0. The van der Waals surface area contributed by atoms with Crippen molar-refractivity contribution in [2.24, 2.45) is 0 Å². The summed E-state index contributed by atoms with van der Waals surface area (Å²) in [5, 5.41) is 4.67. The van der Waals surface area contributed by atoms with Crippen LogP contribution in [-0.4, -0.2) is 56.1 Å². The SMILES string of the molecule is C=C/C=C(\C=C)COC(=O)NCC(=O)N(Cc1cccc2ccccc12)CC(OCC)OCC. The van der Waals surface area contributed by atoms with Crippen LogP contribution in [-0.2, 0) is 25.5 Å². The Labute approximate surface area is 201 Å². The van der Waals surface area contributed by atoms with E-state index in [2.05, 4.69) is 18.5 Å². The number of carbonyl (C=O) groups is 2. The van der Waals surface area contributed by atoms with E-state index in [1.165, 1.54) is 0 Å². The summed E-state index contributed by atoms with van der Waals surface area (Å²) in [7, 11) is 0. The average molecular weight is 467 g/mol. The van der Waals surface area contributed by atoms with Gasteiger partial charge in [-0.3, -0.25) is 4.79 Å². The first-order valence-electron chi connectivity index (χ1n) is 11.3. The zero-order valence-electron chi connectivity index (χ0n) is 20.0. The molecule has 2 aromatic rings. The third kappa shape index (κ3) is 8.50. The Balaban J connectivity index is 2.12. The smallest absolute Gasteiger partial charge is 0.407 e. The Kier molecular flexibility index (Phi) is 11.6. The van der Waals surface area contributed by atoms with E-state index < -0.39 is 12.4 Å². The number of ether oxygens (including phenoxy) is 3. The van der Waals surface area contributed by atoms with Crippen molar-refractivity contribution >= 4 is 22.8 Å². The molecule has 0 fully saturated rings. The van der Waals surface area contributed by atoms with Gasteiger partial charge in [-0.05, 0) is 35.8 Å². The highest BCUT2D eigenvalue weighted by atomic mass is 16.7. The van der Waals surface area contributed by atoms with E-state index in [4.69, 9.17) is 14.2 Å². The third-order valence-electron chi connectivity index (χ3n) is 5.02. The second kappa shape index (κ2) is 14.7. The summed E-state index contributed by atoms with van der Waals surface area (Å²) in [6, 6.07) is 14.0. The van der Waals surface area contributed by atoms with Crippen LogP contribution in [0, 0.1) is 0 Å². The van der Waals surface area contributed by atoms with Gasteiger partial charge in [0.1, 0.15) is 13.2 Å². The van der Waals surface area contributed by atoms with Crippen LogP contribution in [0.5, 0.6) is 0 Å². The van der Waals surface area contributed by atoms with Crippen molar-refractivity contribution in [3.8, 4) is 0 Å². The summed E-state index contributed by atoms with van der Waals surface area (Å²) in [5.74, 6) is -0.278. The lowest BCUT2D eigenvalue weighted by Gasteiger charge is -2.28. The van der Waals surface area contributed by atoms with E-state index in [-0.39, 0.29) is 25.6 Å². The van der Waals surface area contributed by atoms with Crippen LogP contribution in [0.1, 0.15) is 19.4 Å². The number of benzene rings is 2. The maximum absolute atomic E-state index is 13.1. The Morgan fingerprint density at radius 1 is 1.06 bits per heavy atom. The monoisotopic (exact) mass is 466 g/mol. The van der Waals surface area contributed by atoms with Crippen molar-refractivity contribution in [1.29, 1.82) is 0 Å². The fraction of sp³-hybridized carbons (Fsp3) is 0.333. The molecule has 2 aromatic carbocycles. The molecule has 0 saturated heterocycles. The van der Waals surface area contributed by atoms with E-state index in [1.54, 1.807) is 23.1 Å². The summed E-state index contributed by atoms with van der Waals surface area (Å²) < 4.78 is 16.5. The molecule has 2 amide bonds. The highest BCUT2D eigenvalue weighted by Gasteiger charge is 2.21. The molecule has 0 atom stereocenters.